The fourth-order valence-electron chi connectivity index (χ4n) is 6.83. The number of ketones is 1. The Kier molecular flexibility index (Phi) is 4.84. The fourth-order valence-corrected chi connectivity index (χ4v) is 6.83. The molecule has 162 valence electrons. The summed E-state index contributed by atoms with van der Waals surface area (Å²) in [5, 5.41) is 0. The van der Waals surface area contributed by atoms with Crippen LogP contribution in [0.3, 0.4) is 0 Å². The summed E-state index contributed by atoms with van der Waals surface area (Å²) in [5.41, 5.74) is 2.33. The van der Waals surface area contributed by atoms with Crippen LogP contribution in [-0.4, -0.2) is 17.9 Å². The lowest BCUT2D eigenvalue weighted by Gasteiger charge is -2.39. The molecule has 0 radical (unpaired) electrons. The molecular formula is C28H32O3. The van der Waals surface area contributed by atoms with Crippen LogP contribution in [0.2, 0.25) is 0 Å². The number of benzene rings is 2. The van der Waals surface area contributed by atoms with Crippen molar-refractivity contribution in [3.8, 4) is 0 Å². The maximum atomic E-state index is 13.6. The number of esters is 1. The molecule has 3 fully saturated rings. The first-order valence-electron chi connectivity index (χ1n) is 11.7. The zero-order valence-corrected chi connectivity index (χ0v) is 18.7. The maximum Gasteiger partial charge on any atom is 0.317 e. The Morgan fingerprint density at radius 2 is 1.55 bits per heavy atom. The molecule has 3 heteroatoms. The molecule has 2 aromatic rings. The van der Waals surface area contributed by atoms with Crippen LogP contribution in [0.5, 0.6) is 0 Å². The summed E-state index contributed by atoms with van der Waals surface area (Å²) in [6.45, 7) is 6.91. The van der Waals surface area contributed by atoms with E-state index in [1.165, 1.54) is 6.42 Å². The molecule has 3 saturated carbocycles. The topological polar surface area (TPSA) is 43.4 Å². The third-order valence-corrected chi connectivity index (χ3v) is 9.20. The Morgan fingerprint density at radius 3 is 2.10 bits per heavy atom. The van der Waals surface area contributed by atoms with Gasteiger partial charge < -0.3 is 4.74 Å². The Bertz CT molecular complexity index is 980. The van der Waals surface area contributed by atoms with E-state index in [2.05, 4.69) is 32.9 Å². The smallest absolute Gasteiger partial charge is 0.317 e. The van der Waals surface area contributed by atoms with Gasteiger partial charge in [-0.25, -0.2) is 0 Å². The van der Waals surface area contributed by atoms with Gasteiger partial charge in [-0.2, -0.15) is 0 Å². The van der Waals surface area contributed by atoms with Crippen LogP contribution in [0.15, 0.2) is 60.7 Å². The molecule has 6 atom stereocenters. The highest BCUT2D eigenvalue weighted by Gasteiger charge is 2.63. The number of fused-ring (bicyclic) bond motifs is 2. The van der Waals surface area contributed by atoms with Gasteiger partial charge in [0.1, 0.15) is 17.8 Å². The van der Waals surface area contributed by atoms with Crippen LogP contribution in [0.4, 0.5) is 0 Å². The minimum atomic E-state index is -0.724. The monoisotopic (exact) mass is 416 g/mol. The molecule has 0 saturated heterocycles. The van der Waals surface area contributed by atoms with Crippen LogP contribution in [0.25, 0.3) is 0 Å². The van der Waals surface area contributed by atoms with Gasteiger partial charge in [0.15, 0.2) is 0 Å². The first-order valence-corrected chi connectivity index (χ1v) is 11.7. The van der Waals surface area contributed by atoms with Crippen molar-refractivity contribution >= 4 is 11.8 Å². The summed E-state index contributed by atoms with van der Waals surface area (Å²) < 4.78 is 6.21. The van der Waals surface area contributed by atoms with E-state index in [0.29, 0.717) is 12.3 Å². The van der Waals surface area contributed by atoms with Crippen molar-refractivity contribution in [2.24, 2.45) is 22.7 Å². The number of rotatable bonds is 4. The Hall–Kier alpha value is -2.42. The molecule has 0 N–H and O–H groups in total. The van der Waals surface area contributed by atoms with E-state index in [1.807, 2.05) is 48.5 Å². The standard InChI is InChI=1S/C28H32O3/c1-27(2)20-14-15-28(27,3)23(16-20)31-26(30)25-22(29)17-21(18-10-6-4-7-11-18)24(25)19-12-8-5-9-13-19/h4-13,20-21,23-25H,14-17H2,1-3H3/t20-,21+,23+,24+,25+,28+/m0/s1. The van der Waals surface area contributed by atoms with Crippen LogP contribution in [-0.2, 0) is 14.3 Å². The first-order chi connectivity index (χ1) is 14.8. The van der Waals surface area contributed by atoms with Gasteiger partial charge in [0.25, 0.3) is 0 Å². The highest BCUT2D eigenvalue weighted by atomic mass is 16.5. The van der Waals surface area contributed by atoms with E-state index >= 15 is 0 Å². The largest absolute Gasteiger partial charge is 0.461 e. The highest BCUT2D eigenvalue weighted by Crippen LogP contribution is 2.66. The first kappa shape index (κ1) is 20.5. The summed E-state index contributed by atoms with van der Waals surface area (Å²) >= 11 is 0. The number of carbonyl (C=O) groups is 2. The predicted molar refractivity (Wildman–Crippen MR) is 121 cm³/mol. The van der Waals surface area contributed by atoms with E-state index in [9.17, 15) is 9.59 Å². The molecule has 0 spiro atoms. The van der Waals surface area contributed by atoms with Gasteiger partial charge in [-0.1, -0.05) is 81.4 Å². The lowest BCUT2D eigenvalue weighted by molar-refractivity contribution is -0.163. The molecule has 3 aliphatic rings. The van der Waals surface area contributed by atoms with Gasteiger partial charge in [-0.05, 0) is 47.6 Å². The van der Waals surface area contributed by atoms with Crippen molar-refractivity contribution in [1.29, 1.82) is 0 Å². The molecule has 0 aromatic heterocycles. The summed E-state index contributed by atoms with van der Waals surface area (Å²) in [5.74, 6) is -0.606. The zero-order valence-electron chi connectivity index (χ0n) is 18.7. The molecule has 31 heavy (non-hydrogen) atoms. The summed E-state index contributed by atoms with van der Waals surface area (Å²) in [7, 11) is 0. The number of hydrogen-bond donors (Lipinski definition) is 0. The molecule has 0 aliphatic heterocycles. The van der Waals surface area contributed by atoms with Crippen molar-refractivity contribution in [3.05, 3.63) is 71.8 Å². The van der Waals surface area contributed by atoms with Crippen molar-refractivity contribution in [1.82, 2.24) is 0 Å². The Morgan fingerprint density at radius 1 is 0.935 bits per heavy atom. The van der Waals surface area contributed by atoms with Gasteiger partial charge >= 0.3 is 5.97 Å². The van der Waals surface area contributed by atoms with Crippen molar-refractivity contribution in [3.63, 3.8) is 0 Å². The van der Waals surface area contributed by atoms with Crippen molar-refractivity contribution in [2.75, 3.05) is 0 Å². The fraction of sp³-hybridized carbons (Fsp3) is 0.500. The SMILES string of the molecule is CC1(C)[C@H]2CC[C@]1(C)[C@H](OC(=O)[C@@H]1C(=O)C[C@H](c3ccccc3)[C@H]1c1ccccc1)C2. The second-order valence-corrected chi connectivity index (χ2v) is 10.6. The van der Waals surface area contributed by atoms with Crippen molar-refractivity contribution in [2.45, 2.75) is 64.4 Å². The molecule has 3 nitrogen and oxygen atoms in total. The normalized spacial score (nSPS) is 36.0. The van der Waals surface area contributed by atoms with E-state index < -0.39 is 5.92 Å². The van der Waals surface area contributed by atoms with E-state index in [1.54, 1.807) is 0 Å². The van der Waals surface area contributed by atoms with Crippen molar-refractivity contribution < 1.29 is 14.3 Å². The Labute approximate surface area is 185 Å². The van der Waals surface area contributed by atoms with E-state index in [4.69, 9.17) is 4.74 Å². The van der Waals surface area contributed by atoms with Crippen LogP contribution in [0.1, 0.15) is 69.4 Å². The number of carbonyl (C=O) groups excluding carboxylic acids is 2. The third kappa shape index (κ3) is 3.08. The van der Waals surface area contributed by atoms with Crippen LogP contribution >= 0.6 is 0 Å². The highest BCUT2D eigenvalue weighted by molar-refractivity contribution is 6.02. The quantitative estimate of drug-likeness (QED) is 0.460. The molecular weight excluding hydrogens is 384 g/mol. The number of ether oxygens (including phenoxy) is 1. The molecule has 2 aromatic carbocycles. The molecule has 3 aliphatic carbocycles. The molecule has 5 rings (SSSR count). The lowest BCUT2D eigenvalue weighted by Crippen LogP contribution is -2.40. The molecule has 0 heterocycles. The number of hydrogen-bond acceptors (Lipinski definition) is 3. The van der Waals surface area contributed by atoms with Crippen LogP contribution in [0, 0.1) is 22.7 Å². The summed E-state index contributed by atoms with van der Waals surface area (Å²) in [6, 6.07) is 20.2. The van der Waals surface area contributed by atoms with E-state index in [-0.39, 0.29) is 40.5 Å². The zero-order chi connectivity index (χ0) is 21.8. The minimum Gasteiger partial charge on any atom is -0.461 e. The van der Waals surface area contributed by atoms with Gasteiger partial charge in [0.2, 0.25) is 0 Å². The molecule has 2 bridgehead atoms. The molecule has 0 unspecified atom stereocenters. The van der Waals surface area contributed by atoms with Gasteiger partial charge in [-0.3, -0.25) is 9.59 Å². The number of Topliss-reactive ketones (excluding diaryl/α,β-unsaturated/α-hetero) is 1. The average Bonchev–Trinajstić information content (AvgIpc) is 3.30. The summed E-state index contributed by atoms with van der Waals surface area (Å²) in [6.07, 6.45) is 3.53. The lowest BCUT2D eigenvalue weighted by atomic mass is 9.70. The average molecular weight is 417 g/mol. The second-order valence-electron chi connectivity index (χ2n) is 10.6. The predicted octanol–water partition coefficient (Wildman–Crippen LogP) is 5.90. The van der Waals surface area contributed by atoms with E-state index in [0.717, 1.165) is 24.0 Å². The van der Waals surface area contributed by atoms with Gasteiger partial charge in [-0.15, -0.1) is 0 Å². The Balaban J connectivity index is 1.46. The van der Waals surface area contributed by atoms with Gasteiger partial charge in [0, 0.05) is 17.8 Å². The minimum absolute atomic E-state index is 0.000655. The molecule has 0 amide bonds. The summed E-state index contributed by atoms with van der Waals surface area (Å²) in [4.78, 5) is 26.8. The maximum absolute atomic E-state index is 13.6. The van der Waals surface area contributed by atoms with Gasteiger partial charge in [0.05, 0.1) is 0 Å². The second kappa shape index (κ2) is 7.32. The van der Waals surface area contributed by atoms with Crippen LogP contribution < -0.4 is 0 Å². The third-order valence-electron chi connectivity index (χ3n) is 9.20.